The minimum atomic E-state index is -0.762. The molecule has 2 rings (SSSR count). The maximum atomic E-state index is 12.2. The van der Waals surface area contributed by atoms with Crippen LogP contribution in [-0.2, 0) is 4.79 Å². The second kappa shape index (κ2) is 9.43. The number of nitrogens with one attached hydrogen (secondary N) is 2. The summed E-state index contributed by atoms with van der Waals surface area (Å²) < 4.78 is 0. The molecule has 1 aliphatic carbocycles. The first-order chi connectivity index (χ1) is 11.0. The lowest BCUT2D eigenvalue weighted by atomic mass is 9.96. The number of carbonyl (C=O) groups excluding carboxylic acids is 2. The molecule has 1 saturated heterocycles. The molecule has 1 aliphatic heterocycles. The van der Waals surface area contributed by atoms with E-state index < -0.39 is 5.54 Å². The summed E-state index contributed by atoms with van der Waals surface area (Å²) in [6.45, 7) is 4.53. The summed E-state index contributed by atoms with van der Waals surface area (Å²) in [5.41, 5.74) is 5.14. The monoisotopic (exact) mass is 451 g/mol. The maximum Gasteiger partial charge on any atom is 0.325 e. The maximum absolute atomic E-state index is 12.2. The molecule has 0 spiro atoms. The Morgan fingerprint density at radius 2 is 2.04 bits per heavy atom. The molecule has 138 valence electrons. The summed E-state index contributed by atoms with van der Waals surface area (Å²) in [5.74, 6) is 0.315. The molecule has 1 atom stereocenters. The van der Waals surface area contributed by atoms with Crippen molar-refractivity contribution < 1.29 is 9.59 Å². The van der Waals surface area contributed by atoms with E-state index in [1.807, 2.05) is 6.92 Å². The fraction of sp³-hybridized carbons (Fsp3) is 0.812. The lowest BCUT2D eigenvalue weighted by molar-refractivity contribution is -0.130. The largest absolute Gasteiger partial charge is 0.370 e. The normalized spacial score (nSPS) is 25.4. The van der Waals surface area contributed by atoms with Gasteiger partial charge in [-0.2, -0.15) is 0 Å². The van der Waals surface area contributed by atoms with Crippen LogP contribution in [0.4, 0.5) is 4.79 Å². The predicted octanol–water partition coefficient (Wildman–Crippen LogP) is 1.95. The van der Waals surface area contributed by atoms with Crippen molar-refractivity contribution >= 4 is 41.9 Å². The van der Waals surface area contributed by atoms with Gasteiger partial charge in [0.1, 0.15) is 5.54 Å². The second-order valence-electron chi connectivity index (χ2n) is 6.67. The molecule has 1 saturated carbocycles. The van der Waals surface area contributed by atoms with Crippen molar-refractivity contribution in [3.8, 4) is 0 Å². The second-order valence-corrected chi connectivity index (χ2v) is 6.67. The number of nitrogens with two attached hydrogens (primary N) is 1. The lowest BCUT2D eigenvalue weighted by Gasteiger charge is -2.23. The summed E-state index contributed by atoms with van der Waals surface area (Å²) in [4.78, 5) is 29.7. The molecule has 8 heteroatoms. The SMILES string of the molecule is CCC1(C)NC(=O)N(CCCN=C(N)NC2CCCCC2)C1=O.I. The zero-order valence-corrected chi connectivity index (χ0v) is 17.0. The number of urea groups is 1. The first kappa shape index (κ1) is 21.0. The van der Waals surface area contributed by atoms with E-state index in [2.05, 4.69) is 15.6 Å². The molecular weight excluding hydrogens is 421 g/mol. The number of nitrogens with zero attached hydrogens (tertiary/aromatic N) is 2. The van der Waals surface area contributed by atoms with E-state index in [9.17, 15) is 9.59 Å². The highest BCUT2D eigenvalue weighted by Crippen LogP contribution is 2.20. The van der Waals surface area contributed by atoms with Gasteiger partial charge in [0.05, 0.1) is 0 Å². The molecular formula is C16H30IN5O2. The van der Waals surface area contributed by atoms with Gasteiger partial charge in [0, 0.05) is 19.1 Å². The Morgan fingerprint density at radius 1 is 1.38 bits per heavy atom. The Bertz CT molecular complexity index is 479. The van der Waals surface area contributed by atoms with Crippen LogP contribution in [0.5, 0.6) is 0 Å². The highest BCUT2D eigenvalue weighted by atomic mass is 127. The third-order valence-corrected chi connectivity index (χ3v) is 4.83. The van der Waals surface area contributed by atoms with Crippen molar-refractivity contribution in [2.45, 2.75) is 70.4 Å². The number of guanidine groups is 1. The highest BCUT2D eigenvalue weighted by Gasteiger charge is 2.45. The average molecular weight is 451 g/mol. The molecule has 24 heavy (non-hydrogen) atoms. The molecule has 2 aliphatic rings. The number of carbonyl (C=O) groups is 2. The first-order valence-electron chi connectivity index (χ1n) is 8.67. The zero-order valence-electron chi connectivity index (χ0n) is 14.6. The Balaban J connectivity index is 0.00000288. The van der Waals surface area contributed by atoms with E-state index in [1.165, 1.54) is 24.2 Å². The number of aliphatic imine (C=N–C) groups is 1. The van der Waals surface area contributed by atoms with Gasteiger partial charge in [0.25, 0.3) is 5.91 Å². The van der Waals surface area contributed by atoms with Gasteiger partial charge in [0.2, 0.25) is 0 Å². The molecule has 4 N–H and O–H groups in total. The van der Waals surface area contributed by atoms with E-state index in [0.717, 1.165) is 12.8 Å². The summed E-state index contributed by atoms with van der Waals surface area (Å²) in [5, 5.41) is 6.00. The van der Waals surface area contributed by atoms with Crippen LogP contribution in [0.25, 0.3) is 0 Å². The summed E-state index contributed by atoms with van der Waals surface area (Å²) in [7, 11) is 0. The fourth-order valence-corrected chi connectivity index (χ4v) is 3.12. The standard InChI is InChI=1S/C16H29N5O2.HI/c1-3-16(2)13(22)21(15(23)20-16)11-7-10-18-14(17)19-12-8-5-4-6-9-12;/h12H,3-11H2,1-2H3,(H,20,23)(H3,17,18,19);1H. The third-order valence-electron chi connectivity index (χ3n) is 4.83. The summed E-state index contributed by atoms with van der Waals surface area (Å²) in [6, 6.07) is 0.125. The van der Waals surface area contributed by atoms with Crippen LogP contribution < -0.4 is 16.4 Å². The highest BCUT2D eigenvalue weighted by molar-refractivity contribution is 14.0. The van der Waals surface area contributed by atoms with Crippen LogP contribution >= 0.6 is 24.0 Å². The van der Waals surface area contributed by atoms with Gasteiger partial charge < -0.3 is 16.4 Å². The Morgan fingerprint density at radius 3 is 2.62 bits per heavy atom. The van der Waals surface area contributed by atoms with Crippen molar-refractivity contribution in [2.24, 2.45) is 10.7 Å². The smallest absolute Gasteiger partial charge is 0.325 e. The van der Waals surface area contributed by atoms with Gasteiger partial charge in [-0.3, -0.25) is 14.7 Å². The van der Waals surface area contributed by atoms with Crippen LogP contribution in [0.1, 0.15) is 58.8 Å². The molecule has 0 aromatic carbocycles. The van der Waals surface area contributed by atoms with Crippen LogP contribution in [-0.4, -0.2) is 47.5 Å². The summed E-state index contributed by atoms with van der Waals surface area (Å²) in [6.07, 6.45) is 7.29. The van der Waals surface area contributed by atoms with Crippen LogP contribution in [0.15, 0.2) is 4.99 Å². The minimum Gasteiger partial charge on any atom is -0.370 e. The Kier molecular flexibility index (Phi) is 8.24. The Hall–Kier alpha value is -1.06. The van der Waals surface area contributed by atoms with Crippen molar-refractivity contribution in [3.05, 3.63) is 0 Å². The topological polar surface area (TPSA) is 99.8 Å². The third kappa shape index (κ3) is 5.22. The van der Waals surface area contributed by atoms with Gasteiger partial charge >= 0.3 is 6.03 Å². The number of amides is 3. The van der Waals surface area contributed by atoms with Crippen LogP contribution in [0.2, 0.25) is 0 Å². The van der Waals surface area contributed by atoms with E-state index >= 15 is 0 Å². The molecule has 3 amide bonds. The molecule has 7 nitrogen and oxygen atoms in total. The number of hydrogen-bond donors (Lipinski definition) is 3. The number of hydrogen-bond acceptors (Lipinski definition) is 3. The molecule has 0 radical (unpaired) electrons. The van der Waals surface area contributed by atoms with Crippen molar-refractivity contribution in [1.29, 1.82) is 0 Å². The lowest BCUT2D eigenvalue weighted by Crippen LogP contribution is -2.43. The van der Waals surface area contributed by atoms with Gasteiger partial charge in [0.15, 0.2) is 5.96 Å². The molecule has 2 fully saturated rings. The van der Waals surface area contributed by atoms with Gasteiger partial charge in [-0.25, -0.2) is 4.79 Å². The van der Waals surface area contributed by atoms with Crippen molar-refractivity contribution in [3.63, 3.8) is 0 Å². The molecule has 0 aromatic rings. The van der Waals surface area contributed by atoms with Crippen LogP contribution in [0.3, 0.4) is 0 Å². The predicted molar refractivity (Wildman–Crippen MR) is 105 cm³/mol. The molecule has 1 heterocycles. The van der Waals surface area contributed by atoms with Crippen LogP contribution in [0, 0.1) is 0 Å². The summed E-state index contributed by atoms with van der Waals surface area (Å²) >= 11 is 0. The van der Waals surface area contributed by atoms with Crippen molar-refractivity contribution in [1.82, 2.24) is 15.5 Å². The van der Waals surface area contributed by atoms with E-state index in [4.69, 9.17) is 5.73 Å². The zero-order chi connectivity index (χ0) is 16.9. The Labute approximate surface area is 161 Å². The van der Waals surface area contributed by atoms with Gasteiger partial charge in [-0.05, 0) is 32.6 Å². The minimum absolute atomic E-state index is 0. The molecule has 1 unspecified atom stereocenters. The molecule has 0 bridgehead atoms. The number of halogens is 1. The van der Waals surface area contributed by atoms with Gasteiger partial charge in [-0.15, -0.1) is 24.0 Å². The molecule has 0 aromatic heterocycles. The van der Waals surface area contributed by atoms with E-state index in [0.29, 0.717) is 37.9 Å². The van der Waals surface area contributed by atoms with Gasteiger partial charge in [-0.1, -0.05) is 26.2 Å². The van der Waals surface area contributed by atoms with Crippen molar-refractivity contribution in [2.75, 3.05) is 13.1 Å². The fourth-order valence-electron chi connectivity index (χ4n) is 3.12. The first-order valence-corrected chi connectivity index (χ1v) is 8.67. The van der Waals surface area contributed by atoms with E-state index in [-0.39, 0.29) is 35.9 Å². The van der Waals surface area contributed by atoms with E-state index in [1.54, 1.807) is 6.92 Å². The average Bonchev–Trinajstić information content (AvgIpc) is 2.75. The quantitative estimate of drug-likeness (QED) is 0.189. The number of imide groups is 1. The number of rotatable bonds is 6.